The third-order valence-corrected chi connectivity index (χ3v) is 8.98. The second-order valence-corrected chi connectivity index (χ2v) is 11.8. The van der Waals surface area contributed by atoms with Crippen molar-refractivity contribution in [1.82, 2.24) is 19.4 Å². The van der Waals surface area contributed by atoms with Gasteiger partial charge in [0, 0.05) is 58.6 Å². The van der Waals surface area contributed by atoms with Gasteiger partial charge >= 0.3 is 0 Å². The van der Waals surface area contributed by atoms with Crippen molar-refractivity contribution in [3.63, 3.8) is 0 Å². The van der Waals surface area contributed by atoms with Crippen LogP contribution in [0.4, 0.5) is 0 Å². The number of hydrogen-bond donors (Lipinski definition) is 0. The molecule has 6 rings (SSSR count). The van der Waals surface area contributed by atoms with Crippen LogP contribution in [0, 0.1) is 0 Å². The van der Waals surface area contributed by atoms with E-state index in [1.54, 1.807) is 7.11 Å². The Balaban J connectivity index is 1.22. The third-order valence-electron chi connectivity index (χ3n) is 8.98. The topological polar surface area (TPSA) is 50.6 Å². The molecule has 5 aromatic rings. The second-order valence-electron chi connectivity index (χ2n) is 11.8. The van der Waals surface area contributed by atoms with Crippen molar-refractivity contribution < 1.29 is 9.53 Å². The molecule has 0 radical (unpaired) electrons. The molecule has 1 amide bonds. The number of aryl methyl sites for hydroxylation is 1. The van der Waals surface area contributed by atoms with Crippen molar-refractivity contribution in [2.45, 2.75) is 37.4 Å². The fourth-order valence-electron chi connectivity index (χ4n) is 6.77. The fraction of sp³-hybridized carbons (Fsp3) is 0.282. The minimum absolute atomic E-state index is 0.134. The maximum atomic E-state index is 13.7. The smallest absolute Gasteiger partial charge is 0.223 e. The van der Waals surface area contributed by atoms with Crippen molar-refractivity contribution in [3.8, 4) is 0 Å². The number of imidazole rings is 1. The van der Waals surface area contributed by atoms with E-state index in [1.165, 1.54) is 5.56 Å². The summed E-state index contributed by atoms with van der Waals surface area (Å²) in [7, 11) is 1.73. The van der Waals surface area contributed by atoms with E-state index < -0.39 is 5.54 Å². The Labute approximate surface area is 266 Å². The highest BCUT2D eigenvalue weighted by Crippen LogP contribution is 2.40. The molecular weight excluding hydrogens is 556 g/mol. The predicted octanol–water partition coefficient (Wildman–Crippen LogP) is 6.41. The normalized spacial score (nSPS) is 15.7. The number of carbonyl (C=O) groups excluding carboxylic acids is 1. The summed E-state index contributed by atoms with van der Waals surface area (Å²) >= 11 is 0. The number of hydrogen-bond acceptors (Lipinski definition) is 4. The van der Waals surface area contributed by atoms with E-state index in [0.717, 1.165) is 55.0 Å². The molecule has 0 N–H and O–H groups in total. The number of methoxy groups -OCH3 is 1. The third kappa shape index (κ3) is 6.77. The average Bonchev–Trinajstić information content (AvgIpc) is 3.58. The number of benzene rings is 4. The predicted molar refractivity (Wildman–Crippen MR) is 179 cm³/mol. The molecule has 1 fully saturated rings. The zero-order valence-corrected chi connectivity index (χ0v) is 26.0. The first-order valence-electron chi connectivity index (χ1n) is 15.9. The van der Waals surface area contributed by atoms with Gasteiger partial charge in [0.25, 0.3) is 0 Å². The van der Waals surface area contributed by atoms with Crippen LogP contribution in [0.3, 0.4) is 0 Å². The minimum Gasteiger partial charge on any atom is -0.385 e. The standard InChI is InChI=1S/C39H42N4O2/c1-45-27-24-37-30-41(28-32-14-6-2-7-15-32)25-26-43(37)38(44)23-22-36-29-42(31-40-36)39(33-16-8-3-9-17-33,34-18-10-4-11-19-34)35-20-12-5-13-21-35/h2-21,29,31,37H,22-28,30H2,1H3/t37-/m0/s1. The molecule has 4 aromatic carbocycles. The highest BCUT2D eigenvalue weighted by atomic mass is 16.5. The van der Waals surface area contributed by atoms with Crippen LogP contribution in [-0.2, 0) is 28.0 Å². The van der Waals surface area contributed by atoms with Crippen molar-refractivity contribution in [2.75, 3.05) is 33.4 Å². The van der Waals surface area contributed by atoms with E-state index in [0.29, 0.717) is 19.4 Å². The lowest BCUT2D eigenvalue weighted by Crippen LogP contribution is -2.55. The minimum atomic E-state index is -0.612. The molecule has 0 spiro atoms. The largest absolute Gasteiger partial charge is 0.385 e. The molecule has 1 atom stereocenters. The van der Waals surface area contributed by atoms with Crippen LogP contribution in [0.25, 0.3) is 0 Å². The summed E-state index contributed by atoms with van der Waals surface area (Å²) in [6, 6.07) is 42.5. The molecule has 1 saturated heterocycles. The lowest BCUT2D eigenvalue weighted by atomic mass is 9.77. The van der Waals surface area contributed by atoms with Crippen molar-refractivity contribution in [2.24, 2.45) is 0 Å². The van der Waals surface area contributed by atoms with Crippen LogP contribution in [0.15, 0.2) is 134 Å². The van der Waals surface area contributed by atoms with Gasteiger partial charge < -0.3 is 14.2 Å². The zero-order valence-electron chi connectivity index (χ0n) is 26.0. The van der Waals surface area contributed by atoms with E-state index in [2.05, 4.69) is 142 Å². The number of rotatable bonds is 12. The maximum Gasteiger partial charge on any atom is 0.223 e. The first-order valence-corrected chi connectivity index (χ1v) is 15.9. The first-order chi connectivity index (χ1) is 22.2. The summed E-state index contributed by atoms with van der Waals surface area (Å²) in [6.45, 7) is 3.99. The number of amides is 1. The van der Waals surface area contributed by atoms with E-state index in [9.17, 15) is 4.79 Å². The Hall–Kier alpha value is -4.52. The van der Waals surface area contributed by atoms with Gasteiger partial charge in [-0.1, -0.05) is 121 Å². The molecule has 0 unspecified atom stereocenters. The summed E-state index contributed by atoms with van der Waals surface area (Å²) < 4.78 is 7.65. The van der Waals surface area contributed by atoms with Crippen LogP contribution in [0.5, 0.6) is 0 Å². The number of carbonyl (C=O) groups is 1. The Morgan fingerprint density at radius 2 is 1.36 bits per heavy atom. The Morgan fingerprint density at radius 3 is 1.91 bits per heavy atom. The van der Waals surface area contributed by atoms with Crippen LogP contribution in [0.2, 0.25) is 0 Å². The second kappa shape index (κ2) is 14.5. The lowest BCUT2D eigenvalue weighted by molar-refractivity contribution is -0.136. The van der Waals surface area contributed by atoms with Crippen LogP contribution < -0.4 is 0 Å². The molecule has 0 saturated carbocycles. The average molecular weight is 599 g/mol. The number of aromatic nitrogens is 2. The van der Waals surface area contributed by atoms with Gasteiger partial charge in [-0.2, -0.15) is 0 Å². The molecule has 1 aliphatic rings. The monoisotopic (exact) mass is 598 g/mol. The van der Waals surface area contributed by atoms with Crippen molar-refractivity contribution >= 4 is 5.91 Å². The Bertz CT molecular complexity index is 1530. The molecule has 0 aliphatic carbocycles. The van der Waals surface area contributed by atoms with Gasteiger partial charge in [0.2, 0.25) is 5.91 Å². The molecule has 1 aromatic heterocycles. The number of piperazine rings is 1. The van der Waals surface area contributed by atoms with E-state index in [4.69, 9.17) is 9.72 Å². The van der Waals surface area contributed by atoms with Crippen molar-refractivity contribution in [1.29, 1.82) is 0 Å². The number of ether oxygens (including phenoxy) is 1. The molecule has 2 heterocycles. The Kier molecular flexibility index (Phi) is 9.83. The van der Waals surface area contributed by atoms with E-state index >= 15 is 0 Å². The van der Waals surface area contributed by atoms with Gasteiger partial charge in [0.1, 0.15) is 5.54 Å². The van der Waals surface area contributed by atoms with Crippen LogP contribution in [-0.4, -0.2) is 64.7 Å². The van der Waals surface area contributed by atoms with Gasteiger partial charge in [-0.3, -0.25) is 9.69 Å². The van der Waals surface area contributed by atoms with Crippen LogP contribution in [0.1, 0.15) is 40.8 Å². The van der Waals surface area contributed by atoms with Gasteiger partial charge in [-0.15, -0.1) is 0 Å². The SMILES string of the molecule is COCC[C@H]1CN(Cc2ccccc2)CCN1C(=O)CCc1cn(C(c2ccccc2)(c2ccccc2)c2ccccc2)cn1. The lowest BCUT2D eigenvalue weighted by Gasteiger charge is -2.41. The van der Waals surface area contributed by atoms with Gasteiger partial charge in [0.05, 0.1) is 12.0 Å². The van der Waals surface area contributed by atoms with Gasteiger partial charge in [0.15, 0.2) is 0 Å². The van der Waals surface area contributed by atoms with Gasteiger partial charge in [-0.05, 0) is 35.1 Å². The highest BCUT2D eigenvalue weighted by Gasteiger charge is 2.38. The zero-order chi connectivity index (χ0) is 30.9. The van der Waals surface area contributed by atoms with Crippen LogP contribution >= 0.6 is 0 Å². The Morgan fingerprint density at radius 1 is 0.800 bits per heavy atom. The molecule has 6 nitrogen and oxygen atoms in total. The van der Waals surface area contributed by atoms with E-state index in [-0.39, 0.29) is 11.9 Å². The summed E-state index contributed by atoms with van der Waals surface area (Å²) in [4.78, 5) is 23.1. The highest BCUT2D eigenvalue weighted by molar-refractivity contribution is 5.77. The molecule has 45 heavy (non-hydrogen) atoms. The quantitative estimate of drug-likeness (QED) is 0.156. The summed E-state index contributed by atoms with van der Waals surface area (Å²) in [6.07, 6.45) is 5.89. The molecule has 1 aliphatic heterocycles. The summed E-state index contributed by atoms with van der Waals surface area (Å²) in [5, 5.41) is 0. The van der Waals surface area contributed by atoms with E-state index in [1.807, 2.05) is 6.33 Å². The first kappa shape index (κ1) is 30.5. The number of nitrogens with zero attached hydrogens (tertiary/aromatic N) is 4. The maximum absolute atomic E-state index is 13.7. The molecular formula is C39H42N4O2. The fourth-order valence-corrected chi connectivity index (χ4v) is 6.77. The molecule has 6 heteroatoms. The molecule has 0 bridgehead atoms. The molecule has 230 valence electrons. The van der Waals surface area contributed by atoms with Gasteiger partial charge in [-0.25, -0.2) is 4.98 Å². The summed E-state index contributed by atoms with van der Waals surface area (Å²) in [5.41, 5.74) is 5.05. The van der Waals surface area contributed by atoms with Crippen molar-refractivity contribution in [3.05, 3.63) is 162 Å². The summed E-state index contributed by atoms with van der Waals surface area (Å²) in [5.74, 6) is 0.186.